The van der Waals surface area contributed by atoms with Gasteiger partial charge in [-0.15, -0.1) is 0 Å². The van der Waals surface area contributed by atoms with E-state index in [1.807, 2.05) is 27.8 Å². The Hall–Kier alpha value is -0.770. The van der Waals surface area contributed by atoms with Crippen molar-refractivity contribution < 1.29 is 9.53 Å². The average Bonchev–Trinajstić information content (AvgIpc) is 1.98. The second-order valence-electron chi connectivity index (χ2n) is 5.14. The molecule has 1 heterocycles. The third-order valence-electron chi connectivity index (χ3n) is 2.41. The molecule has 4 heteroatoms. The van der Waals surface area contributed by atoms with Crippen molar-refractivity contribution in [2.24, 2.45) is 5.92 Å². The van der Waals surface area contributed by atoms with Gasteiger partial charge in [-0.3, -0.25) is 0 Å². The molecule has 0 radical (unpaired) electrons. The van der Waals surface area contributed by atoms with E-state index in [0.717, 1.165) is 26.1 Å². The molecule has 1 aliphatic rings. The molecule has 0 spiro atoms. The third-order valence-corrected chi connectivity index (χ3v) is 2.41. The zero-order chi connectivity index (χ0) is 11.5. The number of carbonyl (C=O) groups excluding carboxylic acids is 1. The number of ether oxygens (including phenoxy) is 1. The van der Waals surface area contributed by atoms with E-state index in [0.29, 0.717) is 5.92 Å². The number of amides is 1. The first-order chi connectivity index (χ1) is 6.92. The fraction of sp³-hybridized carbons (Fsp3) is 0.909. The van der Waals surface area contributed by atoms with Crippen LogP contribution in [0.4, 0.5) is 4.79 Å². The van der Waals surface area contributed by atoms with Gasteiger partial charge in [-0.25, -0.2) is 4.79 Å². The molecule has 1 aliphatic heterocycles. The fourth-order valence-electron chi connectivity index (χ4n) is 1.58. The van der Waals surface area contributed by atoms with Gasteiger partial charge >= 0.3 is 6.09 Å². The van der Waals surface area contributed by atoms with Crippen molar-refractivity contribution in [3.63, 3.8) is 0 Å². The van der Waals surface area contributed by atoms with Crippen LogP contribution in [-0.4, -0.2) is 43.3 Å². The summed E-state index contributed by atoms with van der Waals surface area (Å²) in [7, 11) is 1.95. The first kappa shape index (κ1) is 12.3. The average molecular weight is 214 g/mol. The molecule has 0 saturated carbocycles. The van der Waals surface area contributed by atoms with Crippen LogP contribution in [0.1, 0.15) is 27.2 Å². The summed E-state index contributed by atoms with van der Waals surface area (Å²) >= 11 is 0. The van der Waals surface area contributed by atoms with Crippen LogP contribution in [0.25, 0.3) is 0 Å². The number of nitrogens with zero attached hydrogens (tertiary/aromatic N) is 1. The Labute approximate surface area is 92.0 Å². The monoisotopic (exact) mass is 214 g/mol. The first-order valence-corrected chi connectivity index (χ1v) is 5.55. The summed E-state index contributed by atoms with van der Waals surface area (Å²) in [4.78, 5) is 13.3. The Bertz CT molecular complexity index is 217. The number of hydrogen-bond donors (Lipinski definition) is 1. The molecule has 88 valence electrons. The molecule has 1 rings (SSSR count). The molecular weight excluding hydrogens is 192 g/mol. The van der Waals surface area contributed by atoms with Gasteiger partial charge in [-0.05, 0) is 46.7 Å². The lowest BCUT2D eigenvalue weighted by atomic mass is 9.97. The molecule has 0 aromatic heterocycles. The highest BCUT2D eigenvalue weighted by atomic mass is 16.6. The highest BCUT2D eigenvalue weighted by Gasteiger charge is 2.32. The van der Waals surface area contributed by atoms with Crippen LogP contribution in [0.2, 0.25) is 0 Å². The summed E-state index contributed by atoms with van der Waals surface area (Å²) < 4.78 is 5.27. The Morgan fingerprint density at radius 1 is 1.47 bits per heavy atom. The van der Waals surface area contributed by atoms with Crippen LogP contribution in [0.15, 0.2) is 0 Å². The lowest BCUT2D eigenvalue weighted by molar-refractivity contribution is -0.00195. The zero-order valence-corrected chi connectivity index (χ0v) is 10.2. The molecule has 1 amide bonds. The van der Waals surface area contributed by atoms with Gasteiger partial charge in [-0.2, -0.15) is 0 Å². The molecule has 1 fully saturated rings. The predicted molar refractivity (Wildman–Crippen MR) is 59.8 cm³/mol. The van der Waals surface area contributed by atoms with E-state index in [2.05, 4.69) is 5.32 Å². The van der Waals surface area contributed by atoms with Crippen LogP contribution in [0.5, 0.6) is 0 Å². The number of likely N-dealkylation sites (tertiary alicyclic amines) is 1. The van der Waals surface area contributed by atoms with Gasteiger partial charge in [0.2, 0.25) is 0 Å². The summed E-state index contributed by atoms with van der Waals surface area (Å²) in [5, 5.41) is 3.11. The van der Waals surface area contributed by atoms with Gasteiger partial charge < -0.3 is 15.0 Å². The number of hydrogen-bond acceptors (Lipinski definition) is 3. The summed E-state index contributed by atoms with van der Waals surface area (Å²) in [6.45, 7) is 8.38. The molecular formula is C11H22N2O2. The van der Waals surface area contributed by atoms with E-state index in [4.69, 9.17) is 4.74 Å². The molecule has 1 N–H and O–H groups in total. The molecule has 0 aromatic carbocycles. The van der Waals surface area contributed by atoms with Crippen molar-refractivity contribution >= 4 is 6.09 Å². The van der Waals surface area contributed by atoms with Crippen LogP contribution in [-0.2, 0) is 4.74 Å². The Kier molecular flexibility index (Phi) is 3.97. The van der Waals surface area contributed by atoms with E-state index in [1.54, 1.807) is 4.90 Å². The van der Waals surface area contributed by atoms with E-state index >= 15 is 0 Å². The molecule has 0 bridgehead atoms. The highest BCUT2D eigenvalue weighted by Crippen LogP contribution is 2.21. The quantitative estimate of drug-likeness (QED) is 0.773. The third kappa shape index (κ3) is 4.08. The normalized spacial score (nSPS) is 17.5. The first-order valence-electron chi connectivity index (χ1n) is 5.55. The maximum Gasteiger partial charge on any atom is 0.410 e. The molecule has 15 heavy (non-hydrogen) atoms. The van der Waals surface area contributed by atoms with Crippen LogP contribution < -0.4 is 5.32 Å². The van der Waals surface area contributed by atoms with Crippen LogP contribution >= 0.6 is 0 Å². The lowest BCUT2D eigenvalue weighted by Crippen LogP contribution is -2.52. The minimum absolute atomic E-state index is 0.178. The van der Waals surface area contributed by atoms with Gasteiger partial charge in [0.15, 0.2) is 0 Å². The van der Waals surface area contributed by atoms with Gasteiger partial charge in [0, 0.05) is 13.1 Å². The van der Waals surface area contributed by atoms with Crippen molar-refractivity contribution in [3.8, 4) is 0 Å². The zero-order valence-electron chi connectivity index (χ0n) is 10.2. The standard InChI is InChI=1S/C11H22N2O2/c1-11(2,3)15-10(14)13-7-9(8-13)5-6-12-4/h9,12H,5-8H2,1-4H3. The molecule has 0 atom stereocenters. The van der Waals surface area contributed by atoms with Gasteiger partial charge in [0.25, 0.3) is 0 Å². The fourth-order valence-corrected chi connectivity index (χ4v) is 1.58. The topological polar surface area (TPSA) is 41.6 Å². The SMILES string of the molecule is CNCCC1CN(C(=O)OC(C)(C)C)C1. The van der Waals surface area contributed by atoms with E-state index < -0.39 is 0 Å². The van der Waals surface area contributed by atoms with Crippen molar-refractivity contribution in [2.75, 3.05) is 26.7 Å². The van der Waals surface area contributed by atoms with E-state index in [9.17, 15) is 4.79 Å². The van der Waals surface area contributed by atoms with Gasteiger partial charge in [0.05, 0.1) is 0 Å². The molecule has 0 aromatic rings. The predicted octanol–water partition coefficient (Wildman–Crippen LogP) is 1.46. The number of rotatable bonds is 3. The molecule has 1 saturated heterocycles. The maximum absolute atomic E-state index is 11.5. The minimum Gasteiger partial charge on any atom is -0.444 e. The van der Waals surface area contributed by atoms with E-state index in [-0.39, 0.29) is 11.7 Å². The largest absolute Gasteiger partial charge is 0.444 e. The van der Waals surface area contributed by atoms with Gasteiger partial charge in [-0.1, -0.05) is 0 Å². The summed E-state index contributed by atoms with van der Waals surface area (Å²) in [6, 6.07) is 0. The molecule has 4 nitrogen and oxygen atoms in total. The van der Waals surface area contributed by atoms with Crippen molar-refractivity contribution in [1.82, 2.24) is 10.2 Å². The Balaban J connectivity index is 2.18. The van der Waals surface area contributed by atoms with Crippen molar-refractivity contribution in [1.29, 1.82) is 0 Å². The number of carbonyl (C=O) groups is 1. The minimum atomic E-state index is -0.382. The number of nitrogens with one attached hydrogen (secondary N) is 1. The van der Waals surface area contributed by atoms with Gasteiger partial charge in [0.1, 0.15) is 5.60 Å². The Morgan fingerprint density at radius 2 is 2.07 bits per heavy atom. The molecule has 0 aliphatic carbocycles. The van der Waals surface area contributed by atoms with E-state index in [1.165, 1.54) is 0 Å². The van der Waals surface area contributed by atoms with Crippen LogP contribution in [0.3, 0.4) is 0 Å². The summed E-state index contributed by atoms with van der Waals surface area (Å²) in [5.41, 5.74) is -0.382. The lowest BCUT2D eigenvalue weighted by Gasteiger charge is -2.39. The van der Waals surface area contributed by atoms with Crippen LogP contribution in [0, 0.1) is 5.92 Å². The summed E-state index contributed by atoms with van der Waals surface area (Å²) in [5.74, 6) is 0.643. The Morgan fingerprint density at radius 3 is 2.53 bits per heavy atom. The second-order valence-corrected chi connectivity index (χ2v) is 5.14. The van der Waals surface area contributed by atoms with Crippen molar-refractivity contribution in [2.45, 2.75) is 32.8 Å². The maximum atomic E-state index is 11.5. The summed E-state index contributed by atoms with van der Waals surface area (Å²) in [6.07, 6.45) is 0.957. The van der Waals surface area contributed by atoms with Crippen molar-refractivity contribution in [3.05, 3.63) is 0 Å². The highest BCUT2D eigenvalue weighted by molar-refractivity contribution is 5.69. The smallest absolute Gasteiger partial charge is 0.410 e. The second kappa shape index (κ2) is 4.84. The molecule has 0 unspecified atom stereocenters.